The standard InChI is InChI=1S/C14H17ClFN3O/c1-4-11(19(2)3)14-17-12(18-20-14)8-9-6-5-7-10(15)13(9)16/h5-7,11H,4,8H2,1-3H3. The molecule has 6 heteroatoms. The van der Waals surface area contributed by atoms with E-state index in [1.165, 1.54) is 6.07 Å². The van der Waals surface area contributed by atoms with Gasteiger partial charge in [-0.15, -0.1) is 0 Å². The average molecular weight is 298 g/mol. The lowest BCUT2D eigenvalue weighted by atomic mass is 10.1. The zero-order valence-electron chi connectivity index (χ0n) is 11.7. The molecule has 108 valence electrons. The summed E-state index contributed by atoms with van der Waals surface area (Å²) in [5.41, 5.74) is 0.461. The predicted octanol–water partition coefficient (Wildman–Crippen LogP) is 3.47. The van der Waals surface area contributed by atoms with E-state index in [1.54, 1.807) is 12.1 Å². The molecule has 0 aliphatic heterocycles. The molecule has 0 amide bonds. The number of hydrogen-bond acceptors (Lipinski definition) is 4. The van der Waals surface area contributed by atoms with Gasteiger partial charge in [-0.05, 0) is 32.1 Å². The molecule has 0 spiro atoms. The highest BCUT2D eigenvalue weighted by molar-refractivity contribution is 6.30. The highest BCUT2D eigenvalue weighted by Crippen LogP contribution is 2.22. The Bertz CT molecular complexity index is 586. The van der Waals surface area contributed by atoms with Gasteiger partial charge in [0.05, 0.1) is 11.1 Å². The maximum atomic E-state index is 13.8. The molecule has 1 heterocycles. The fourth-order valence-corrected chi connectivity index (χ4v) is 2.28. The summed E-state index contributed by atoms with van der Waals surface area (Å²) in [4.78, 5) is 6.35. The van der Waals surface area contributed by atoms with Crippen molar-refractivity contribution in [3.05, 3.63) is 46.3 Å². The second-order valence-electron chi connectivity index (χ2n) is 4.83. The number of halogens is 2. The van der Waals surface area contributed by atoms with E-state index in [9.17, 15) is 4.39 Å². The summed E-state index contributed by atoms with van der Waals surface area (Å²) in [6.07, 6.45) is 1.12. The Balaban J connectivity index is 2.19. The summed E-state index contributed by atoms with van der Waals surface area (Å²) < 4.78 is 19.1. The monoisotopic (exact) mass is 297 g/mol. The molecule has 2 rings (SSSR count). The van der Waals surface area contributed by atoms with Gasteiger partial charge in [0.2, 0.25) is 5.89 Å². The van der Waals surface area contributed by atoms with Crippen molar-refractivity contribution in [2.24, 2.45) is 0 Å². The minimum absolute atomic E-state index is 0.0699. The Kier molecular flexibility index (Phi) is 4.73. The molecule has 1 atom stereocenters. The highest BCUT2D eigenvalue weighted by atomic mass is 35.5. The van der Waals surface area contributed by atoms with Crippen molar-refractivity contribution in [3.63, 3.8) is 0 Å². The van der Waals surface area contributed by atoms with E-state index in [2.05, 4.69) is 10.1 Å². The van der Waals surface area contributed by atoms with Crippen LogP contribution < -0.4 is 0 Å². The van der Waals surface area contributed by atoms with Crippen LogP contribution in [0.1, 0.15) is 36.7 Å². The molecule has 20 heavy (non-hydrogen) atoms. The topological polar surface area (TPSA) is 42.2 Å². The number of nitrogens with zero attached hydrogens (tertiary/aromatic N) is 3. The van der Waals surface area contributed by atoms with Crippen LogP contribution in [0.25, 0.3) is 0 Å². The lowest BCUT2D eigenvalue weighted by Crippen LogP contribution is -2.19. The first-order valence-corrected chi connectivity index (χ1v) is 6.82. The lowest BCUT2D eigenvalue weighted by Gasteiger charge is -2.18. The minimum Gasteiger partial charge on any atom is -0.338 e. The fourth-order valence-electron chi connectivity index (χ4n) is 2.09. The van der Waals surface area contributed by atoms with Crippen molar-refractivity contribution in [3.8, 4) is 0 Å². The Morgan fingerprint density at radius 3 is 2.80 bits per heavy atom. The second kappa shape index (κ2) is 6.33. The van der Waals surface area contributed by atoms with Crippen LogP contribution in [0.2, 0.25) is 5.02 Å². The van der Waals surface area contributed by atoms with E-state index in [4.69, 9.17) is 16.1 Å². The molecule has 0 saturated heterocycles. The Morgan fingerprint density at radius 2 is 2.15 bits per heavy atom. The Hall–Kier alpha value is -1.46. The van der Waals surface area contributed by atoms with Crippen molar-refractivity contribution in [1.82, 2.24) is 15.0 Å². The molecule has 0 aliphatic carbocycles. The van der Waals surface area contributed by atoms with Gasteiger partial charge in [-0.25, -0.2) is 4.39 Å². The minimum atomic E-state index is -0.430. The summed E-state index contributed by atoms with van der Waals surface area (Å²) in [5, 5.41) is 4.01. The van der Waals surface area contributed by atoms with Crippen molar-refractivity contribution >= 4 is 11.6 Å². The molecule has 0 bridgehead atoms. The van der Waals surface area contributed by atoms with Crippen molar-refractivity contribution in [2.75, 3.05) is 14.1 Å². The molecule has 1 aromatic carbocycles. The van der Waals surface area contributed by atoms with Crippen LogP contribution in [0, 0.1) is 5.82 Å². The predicted molar refractivity (Wildman–Crippen MR) is 75.2 cm³/mol. The third-order valence-corrected chi connectivity index (χ3v) is 3.45. The van der Waals surface area contributed by atoms with Crippen LogP contribution in [-0.4, -0.2) is 29.1 Å². The van der Waals surface area contributed by atoms with Crippen LogP contribution in [-0.2, 0) is 6.42 Å². The van der Waals surface area contributed by atoms with Crippen LogP contribution in [0.3, 0.4) is 0 Å². The molecule has 0 radical (unpaired) electrons. The van der Waals surface area contributed by atoms with E-state index in [0.29, 0.717) is 17.3 Å². The van der Waals surface area contributed by atoms with Gasteiger partial charge in [-0.2, -0.15) is 4.98 Å². The van der Waals surface area contributed by atoms with E-state index < -0.39 is 5.82 Å². The van der Waals surface area contributed by atoms with Crippen LogP contribution in [0.15, 0.2) is 22.7 Å². The fraction of sp³-hybridized carbons (Fsp3) is 0.429. The van der Waals surface area contributed by atoms with Gasteiger partial charge in [0.15, 0.2) is 5.82 Å². The third kappa shape index (κ3) is 3.16. The molecule has 1 aromatic heterocycles. The van der Waals surface area contributed by atoms with Crippen LogP contribution in [0.4, 0.5) is 4.39 Å². The van der Waals surface area contributed by atoms with Crippen LogP contribution in [0.5, 0.6) is 0 Å². The summed E-state index contributed by atoms with van der Waals surface area (Å²) >= 11 is 5.75. The van der Waals surface area contributed by atoms with Gasteiger partial charge in [0.1, 0.15) is 5.82 Å². The summed E-state index contributed by atoms with van der Waals surface area (Å²) in [7, 11) is 3.91. The molecule has 0 N–H and O–H groups in total. The van der Waals surface area contributed by atoms with Gasteiger partial charge in [0.25, 0.3) is 0 Å². The zero-order chi connectivity index (χ0) is 14.7. The highest BCUT2D eigenvalue weighted by Gasteiger charge is 2.20. The molecular weight excluding hydrogens is 281 g/mol. The van der Waals surface area contributed by atoms with E-state index in [0.717, 1.165) is 6.42 Å². The number of benzene rings is 1. The van der Waals surface area contributed by atoms with Crippen molar-refractivity contribution < 1.29 is 8.91 Å². The first-order valence-electron chi connectivity index (χ1n) is 6.44. The number of aromatic nitrogens is 2. The molecule has 1 unspecified atom stereocenters. The van der Waals surface area contributed by atoms with Gasteiger partial charge >= 0.3 is 0 Å². The largest absolute Gasteiger partial charge is 0.338 e. The average Bonchev–Trinajstić information content (AvgIpc) is 2.84. The van der Waals surface area contributed by atoms with Crippen LogP contribution >= 0.6 is 11.6 Å². The smallest absolute Gasteiger partial charge is 0.243 e. The van der Waals surface area contributed by atoms with Gasteiger partial charge < -0.3 is 4.52 Å². The zero-order valence-corrected chi connectivity index (χ0v) is 12.5. The number of hydrogen-bond donors (Lipinski definition) is 0. The molecule has 0 aliphatic rings. The Labute approximate surface area is 122 Å². The summed E-state index contributed by atoms with van der Waals surface area (Å²) in [6.45, 7) is 2.05. The normalized spacial score (nSPS) is 12.9. The maximum Gasteiger partial charge on any atom is 0.243 e. The van der Waals surface area contributed by atoms with E-state index in [1.807, 2.05) is 25.9 Å². The van der Waals surface area contributed by atoms with E-state index >= 15 is 0 Å². The molecule has 4 nitrogen and oxygen atoms in total. The lowest BCUT2D eigenvalue weighted by molar-refractivity contribution is 0.224. The number of rotatable bonds is 5. The molecule has 0 fully saturated rings. The Morgan fingerprint density at radius 1 is 1.40 bits per heavy atom. The van der Waals surface area contributed by atoms with Crippen molar-refractivity contribution in [2.45, 2.75) is 25.8 Å². The van der Waals surface area contributed by atoms with E-state index in [-0.39, 0.29) is 17.5 Å². The molecule has 2 aromatic rings. The first kappa shape index (κ1) is 14.9. The summed E-state index contributed by atoms with van der Waals surface area (Å²) in [6, 6.07) is 4.96. The van der Waals surface area contributed by atoms with Gasteiger partial charge in [-0.3, -0.25) is 4.90 Å². The molecular formula is C14H17ClFN3O. The quantitative estimate of drug-likeness (QED) is 0.847. The summed E-state index contributed by atoms with van der Waals surface area (Å²) in [5.74, 6) is 0.580. The SMILES string of the molecule is CCC(c1nc(Cc2cccc(Cl)c2F)no1)N(C)C. The van der Waals surface area contributed by atoms with Gasteiger partial charge in [-0.1, -0.05) is 35.8 Å². The third-order valence-electron chi connectivity index (χ3n) is 3.16. The second-order valence-corrected chi connectivity index (χ2v) is 5.23. The first-order chi connectivity index (χ1) is 9.52. The van der Waals surface area contributed by atoms with Crippen molar-refractivity contribution in [1.29, 1.82) is 0 Å². The maximum absolute atomic E-state index is 13.8. The van der Waals surface area contributed by atoms with Gasteiger partial charge in [0, 0.05) is 6.42 Å². The molecule has 0 saturated carbocycles.